The van der Waals surface area contributed by atoms with Crippen LogP contribution in [0.15, 0.2) is 12.1 Å². The van der Waals surface area contributed by atoms with Gasteiger partial charge in [-0.1, -0.05) is 19.9 Å². The Morgan fingerprint density at radius 1 is 1.31 bits per heavy atom. The first kappa shape index (κ1) is 12.8. The van der Waals surface area contributed by atoms with Crippen molar-refractivity contribution in [3.8, 4) is 11.5 Å². The minimum atomic E-state index is 0.168. The molecule has 0 heterocycles. The topological polar surface area (TPSA) is 50.7 Å². The van der Waals surface area contributed by atoms with Crippen molar-refractivity contribution in [2.24, 2.45) is 0 Å². The lowest BCUT2D eigenvalue weighted by Gasteiger charge is -2.14. The van der Waals surface area contributed by atoms with Crippen LogP contribution >= 0.6 is 0 Å². The standard InChI is InChI=1S/C12H19NO3/c1-8(2)9-5-10(7-13-16-4)12(15-3)11(14)6-9/h5-6,8,13-14H,7H2,1-4H3. The molecule has 0 aliphatic heterocycles. The summed E-state index contributed by atoms with van der Waals surface area (Å²) >= 11 is 0. The molecule has 0 fully saturated rings. The summed E-state index contributed by atoms with van der Waals surface area (Å²) in [7, 11) is 3.10. The molecule has 0 saturated heterocycles. The summed E-state index contributed by atoms with van der Waals surface area (Å²) in [5, 5.41) is 9.83. The smallest absolute Gasteiger partial charge is 0.165 e. The van der Waals surface area contributed by atoms with E-state index in [0.29, 0.717) is 18.2 Å². The molecule has 2 N–H and O–H groups in total. The van der Waals surface area contributed by atoms with E-state index in [-0.39, 0.29) is 5.75 Å². The van der Waals surface area contributed by atoms with Crippen molar-refractivity contribution in [2.45, 2.75) is 26.3 Å². The van der Waals surface area contributed by atoms with E-state index in [2.05, 4.69) is 19.3 Å². The molecule has 0 unspecified atom stereocenters. The van der Waals surface area contributed by atoms with Crippen molar-refractivity contribution < 1.29 is 14.7 Å². The molecule has 0 amide bonds. The molecular weight excluding hydrogens is 206 g/mol. The van der Waals surface area contributed by atoms with Gasteiger partial charge in [-0.15, -0.1) is 0 Å². The highest BCUT2D eigenvalue weighted by Crippen LogP contribution is 2.33. The molecule has 0 radical (unpaired) electrons. The van der Waals surface area contributed by atoms with E-state index in [1.807, 2.05) is 6.07 Å². The lowest BCUT2D eigenvalue weighted by molar-refractivity contribution is 0.0860. The van der Waals surface area contributed by atoms with E-state index in [9.17, 15) is 5.11 Å². The predicted octanol–water partition coefficient (Wildman–Crippen LogP) is 2.18. The van der Waals surface area contributed by atoms with Crippen molar-refractivity contribution in [3.63, 3.8) is 0 Å². The Bertz CT molecular complexity index is 350. The second-order valence-electron chi connectivity index (χ2n) is 3.91. The van der Waals surface area contributed by atoms with Crippen LogP contribution in [0.5, 0.6) is 11.5 Å². The van der Waals surface area contributed by atoms with Gasteiger partial charge in [0.15, 0.2) is 11.5 Å². The third kappa shape index (κ3) is 2.87. The van der Waals surface area contributed by atoms with E-state index in [1.54, 1.807) is 20.3 Å². The number of rotatable bonds is 5. The molecular formula is C12H19NO3. The van der Waals surface area contributed by atoms with E-state index >= 15 is 0 Å². The lowest BCUT2D eigenvalue weighted by Crippen LogP contribution is -2.12. The molecule has 1 aromatic carbocycles. The van der Waals surface area contributed by atoms with Crippen LogP contribution in [0.25, 0.3) is 0 Å². The number of hydroxylamine groups is 1. The largest absolute Gasteiger partial charge is 0.504 e. The van der Waals surface area contributed by atoms with Crippen molar-refractivity contribution in [1.29, 1.82) is 0 Å². The summed E-state index contributed by atoms with van der Waals surface area (Å²) in [6.45, 7) is 4.65. The number of nitrogens with one attached hydrogen (secondary N) is 1. The number of methoxy groups -OCH3 is 1. The average Bonchev–Trinajstić information content (AvgIpc) is 2.25. The maximum absolute atomic E-state index is 9.83. The van der Waals surface area contributed by atoms with Gasteiger partial charge in [-0.05, 0) is 17.5 Å². The molecule has 1 rings (SSSR count). The normalized spacial score (nSPS) is 10.8. The molecule has 0 bridgehead atoms. The molecule has 0 aromatic heterocycles. The minimum Gasteiger partial charge on any atom is -0.504 e. The zero-order valence-electron chi connectivity index (χ0n) is 10.2. The number of phenolic OH excluding ortho intramolecular Hbond substituents is 1. The van der Waals surface area contributed by atoms with Crippen LogP contribution in [-0.2, 0) is 11.4 Å². The number of aromatic hydroxyl groups is 1. The Labute approximate surface area is 96.1 Å². The second kappa shape index (κ2) is 5.72. The SMILES string of the molecule is CONCc1cc(C(C)C)cc(O)c1OC. The highest BCUT2D eigenvalue weighted by Gasteiger charge is 2.12. The van der Waals surface area contributed by atoms with Crippen LogP contribution in [0, 0.1) is 0 Å². The summed E-state index contributed by atoms with van der Waals surface area (Å²) in [5.41, 5.74) is 4.70. The van der Waals surface area contributed by atoms with Gasteiger partial charge in [0.25, 0.3) is 0 Å². The third-order valence-corrected chi connectivity index (χ3v) is 2.45. The fourth-order valence-corrected chi connectivity index (χ4v) is 1.55. The average molecular weight is 225 g/mol. The molecule has 0 spiro atoms. The quantitative estimate of drug-likeness (QED) is 0.754. The molecule has 4 heteroatoms. The number of phenols is 1. The Morgan fingerprint density at radius 3 is 2.50 bits per heavy atom. The summed E-state index contributed by atoms with van der Waals surface area (Å²) in [6.07, 6.45) is 0. The van der Waals surface area contributed by atoms with Gasteiger partial charge < -0.3 is 14.7 Å². The van der Waals surface area contributed by atoms with Crippen LogP contribution in [0.1, 0.15) is 30.9 Å². The van der Waals surface area contributed by atoms with Gasteiger partial charge in [-0.3, -0.25) is 0 Å². The van der Waals surface area contributed by atoms with Crippen molar-refractivity contribution in [2.75, 3.05) is 14.2 Å². The Kier molecular flexibility index (Phi) is 4.58. The first-order chi connectivity index (χ1) is 7.60. The maximum Gasteiger partial charge on any atom is 0.165 e. The van der Waals surface area contributed by atoms with E-state index < -0.39 is 0 Å². The van der Waals surface area contributed by atoms with Crippen LogP contribution in [0.2, 0.25) is 0 Å². The van der Waals surface area contributed by atoms with Gasteiger partial charge >= 0.3 is 0 Å². The first-order valence-corrected chi connectivity index (χ1v) is 5.25. The fraction of sp³-hybridized carbons (Fsp3) is 0.500. The Hall–Kier alpha value is -1.26. The van der Waals surface area contributed by atoms with E-state index in [1.165, 1.54) is 0 Å². The summed E-state index contributed by atoms with van der Waals surface area (Å²) < 4.78 is 5.16. The monoisotopic (exact) mass is 225 g/mol. The first-order valence-electron chi connectivity index (χ1n) is 5.25. The molecule has 0 atom stereocenters. The highest BCUT2D eigenvalue weighted by atomic mass is 16.6. The second-order valence-corrected chi connectivity index (χ2v) is 3.91. The number of benzene rings is 1. The zero-order valence-corrected chi connectivity index (χ0v) is 10.2. The number of hydrogen-bond donors (Lipinski definition) is 2. The van der Waals surface area contributed by atoms with E-state index in [0.717, 1.165) is 11.1 Å². The number of ether oxygens (including phenoxy) is 1. The molecule has 1 aromatic rings. The minimum absolute atomic E-state index is 0.168. The van der Waals surface area contributed by atoms with E-state index in [4.69, 9.17) is 9.57 Å². The third-order valence-electron chi connectivity index (χ3n) is 2.45. The molecule has 16 heavy (non-hydrogen) atoms. The highest BCUT2D eigenvalue weighted by molar-refractivity contribution is 5.49. The predicted molar refractivity (Wildman–Crippen MR) is 62.6 cm³/mol. The summed E-state index contributed by atoms with van der Waals surface area (Å²) in [5.74, 6) is 1.02. The van der Waals surface area contributed by atoms with Crippen LogP contribution in [0.4, 0.5) is 0 Å². The molecule has 4 nitrogen and oxygen atoms in total. The molecule has 0 aliphatic carbocycles. The Morgan fingerprint density at radius 2 is 2.00 bits per heavy atom. The summed E-state index contributed by atoms with van der Waals surface area (Å²) in [4.78, 5) is 4.80. The maximum atomic E-state index is 9.83. The lowest BCUT2D eigenvalue weighted by atomic mass is 9.99. The fourth-order valence-electron chi connectivity index (χ4n) is 1.55. The van der Waals surface area contributed by atoms with Gasteiger partial charge in [-0.2, -0.15) is 5.48 Å². The van der Waals surface area contributed by atoms with Gasteiger partial charge in [0.05, 0.1) is 14.2 Å². The summed E-state index contributed by atoms with van der Waals surface area (Å²) in [6, 6.07) is 3.75. The molecule has 0 aliphatic rings. The molecule has 0 saturated carbocycles. The van der Waals surface area contributed by atoms with Crippen LogP contribution in [-0.4, -0.2) is 19.3 Å². The van der Waals surface area contributed by atoms with Gasteiger partial charge in [0, 0.05) is 12.1 Å². The van der Waals surface area contributed by atoms with Crippen molar-refractivity contribution in [3.05, 3.63) is 23.3 Å². The van der Waals surface area contributed by atoms with Crippen LogP contribution in [0.3, 0.4) is 0 Å². The van der Waals surface area contributed by atoms with Gasteiger partial charge in [0.1, 0.15) is 0 Å². The van der Waals surface area contributed by atoms with Crippen molar-refractivity contribution in [1.82, 2.24) is 5.48 Å². The Balaban J connectivity index is 3.09. The zero-order chi connectivity index (χ0) is 12.1. The molecule has 90 valence electrons. The van der Waals surface area contributed by atoms with Crippen molar-refractivity contribution >= 4 is 0 Å². The number of hydrogen-bond acceptors (Lipinski definition) is 4. The van der Waals surface area contributed by atoms with Gasteiger partial charge in [-0.25, -0.2) is 0 Å². The van der Waals surface area contributed by atoms with Gasteiger partial charge in [0.2, 0.25) is 0 Å². The van der Waals surface area contributed by atoms with Crippen LogP contribution < -0.4 is 10.2 Å².